The van der Waals surface area contributed by atoms with Gasteiger partial charge in [0.15, 0.2) is 0 Å². The van der Waals surface area contributed by atoms with Crippen molar-refractivity contribution in [2.45, 2.75) is 110 Å². The average Bonchev–Trinajstić information content (AvgIpc) is 3.52. The molecular weight excluding hydrogens is 494 g/mol. The molecule has 0 atom stereocenters. The fourth-order valence-corrected chi connectivity index (χ4v) is 8.35. The van der Waals surface area contributed by atoms with Gasteiger partial charge >= 0.3 is 0 Å². The van der Waals surface area contributed by atoms with Gasteiger partial charge in [-0.1, -0.05) is 0 Å². The van der Waals surface area contributed by atoms with Gasteiger partial charge in [-0.3, -0.25) is 0 Å². The van der Waals surface area contributed by atoms with Gasteiger partial charge in [-0.15, -0.1) is 0 Å². The second-order valence-corrected chi connectivity index (χ2v) is 13.4. The Morgan fingerprint density at radius 1 is 0.317 bits per heavy atom. The molecule has 0 saturated heterocycles. The van der Waals surface area contributed by atoms with Crippen molar-refractivity contribution in [1.82, 2.24) is 4.57 Å². The predicted octanol–water partition coefficient (Wildman–Crippen LogP) is 11.0. The molecule has 1 nitrogen and oxygen atoms in total. The van der Waals surface area contributed by atoms with Crippen LogP contribution in [0.3, 0.4) is 0 Å². The number of fused-ring (bicyclic) bond motifs is 6. The lowest BCUT2D eigenvalue weighted by atomic mass is 9.86. The molecule has 1 heteroatoms. The fraction of sp³-hybridized carbons (Fsp3) is 0.400. The van der Waals surface area contributed by atoms with Crippen LogP contribution in [-0.2, 0) is 6.42 Å². The van der Waals surface area contributed by atoms with E-state index in [1.807, 2.05) is 0 Å². The quantitative estimate of drug-likeness (QED) is 0.195. The van der Waals surface area contributed by atoms with E-state index in [9.17, 15) is 0 Å². The van der Waals surface area contributed by atoms with Crippen LogP contribution < -0.4 is 0 Å². The Balaban J connectivity index is 1.96. The predicted molar refractivity (Wildman–Crippen MR) is 180 cm³/mol. The van der Waals surface area contributed by atoms with Crippen LogP contribution in [0.4, 0.5) is 0 Å². The van der Waals surface area contributed by atoms with Crippen molar-refractivity contribution < 1.29 is 0 Å². The Kier molecular flexibility index (Phi) is 6.00. The van der Waals surface area contributed by atoms with E-state index in [2.05, 4.69) is 108 Å². The van der Waals surface area contributed by atoms with Crippen LogP contribution >= 0.6 is 0 Å². The molecule has 0 bridgehead atoms. The number of hydrogen-bond donors (Lipinski definition) is 0. The van der Waals surface area contributed by atoms with Crippen LogP contribution in [0.2, 0.25) is 0 Å². The normalized spacial score (nSPS) is 12.7. The van der Waals surface area contributed by atoms with Gasteiger partial charge in [0.25, 0.3) is 0 Å². The lowest BCUT2D eigenvalue weighted by molar-refractivity contribution is 1.06. The van der Waals surface area contributed by atoms with Gasteiger partial charge in [-0.25, -0.2) is 0 Å². The van der Waals surface area contributed by atoms with Crippen LogP contribution in [-0.4, -0.2) is 4.57 Å². The standard InChI is InChI=1S/C40H47N/c1-17-21(5)27(11)38(28(12)22(17)6)41-39-29(13)23(7)20(4)26(10)36(39)37-30(14)33-16-32-24(8)18(2)19(3)25(9)34(32)35(33)31(15)40(37)41/h16H2,1-15H3. The highest BCUT2D eigenvalue weighted by molar-refractivity contribution is 6.17. The molecule has 0 radical (unpaired) electrons. The van der Waals surface area contributed by atoms with E-state index in [1.54, 1.807) is 11.1 Å². The van der Waals surface area contributed by atoms with Crippen molar-refractivity contribution in [2.75, 3.05) is 0 Å². The highest BCUT2D eigenvalue weighted by Crippen LogP contribution is 2.52. The highest BCUT2D eigenvalue weighted by Gasteiger charge is 2.33. The summed E-state index contributed by atoms with van der Waals surface area (Å²) in [6.07, 6.45) is 1.04. The van der Waals surface area contributed by atoms with Crippen molar-refractivity contribution in [2.24, 2.45) is 0 Å². The van der Waals surface area contributed by atoms with Crippen LogP contribution in [0.25, 0.3) is 38.6 Å². The topological polar surface area (TPSA) is 4.93 Å². The van der Waals surface area contributed by atoms with Crippen molar-refractivity contribution in [3.8, 4) is 16.8 Å². The summed E-state index contributed by atoms with van der Waals surface area (Å²) >= 11 is 0. The Morgan fingerprint density at radius 3 is 1.27 bits per heavy atom. The first kappa shape index (κ1) is 27.8. The first-order valence-electron chi connectivity index (χ1n) is 15.4. The van der Waals surface area contributed by atoms with Gasteiger partial charge in [0.05, 0.1) is 16.7 Å². The zero-order valence-electron chi connectivity index (χ0n) is 28.2. The summed E-state index contributed by atoms with van der Waals surface area (Å²) in [5.74, 6) is 0. The van der Waals surface area contributed by atoms with E-state index in [1.165, 1.54) is 122 Å². The molecule has 5 aromatic rings. The molecule has 0 N–H and O–H groups in total. The summed E-state index contributed by atoms with van der Waals surface area (Å²) in [5, 5.41) is 2.92. The third-order valence-corrected chi connectivity index (χ3v) is 12.1. The third-order valence-electron chi connectivity index (χ3n) is 12.1. The van der Waals surface area contributed by atoms with Crippen LogP contribution in [0.5, 0.6) is 0 Å². The molecule has 1 heterocycles. The Morgan fingerprint density at radius 2 is 0.683 bits per heavy atom. The summed E-state index contributed by atoms with van der Waals surface area (Å²) < 4.78 is 2.70. The van der Waals surface area contributed by atoms with E-state index < -0.39 is 0 Å². The molecule has 1 aliphatic carbocycles. The number of aromatic nitrogens is 1. The van der Waals surface area contributed by atoms with E-state index in [-0.39, 0.29) is 0 Å². The Labute approximate surface area is 247 Å². The number of nitrogens with zero attached hydrogens (tertiary/aromatic N) is 1. The molecule has 0 unspecified atom stereocenters. The molecule has 41 heavy (non-hydrogen) atoms. The maximum atomic E-state index is 2.70. The molecule has 1 aliphatic rings. The largest absolute Gasteiger partial charge is 0.308 e. The first-order chi connectivity index (χ1) is 19.1. The smallest absolute Gasteiger partial charge is 0.0579 e. The molecular formula is C40H47N. The van der Waals surface area contributed by atoms with Gasteiger partial charge in [0.1, 0.15) is 0 Å². The molecule has 212 valence electrons. The fourth-order valence-electron chi connectivity index (χ4n) is 8.35. The molecule has 0 aliphatic heterocycles. The maximum Gasteiger partial charge on any atom is 0.0579 e. The van der Waals surface area contributed by atoms with Gasteiger partial charge in [0, 0.05) is 10.8 Å². The minimum absolute atomic E-state index is 1.04. The second kappa shape index (κ2) is 8.84. The van der Waals surface area contributed by atoms with Crippen LogP contribution in [0, 0.1) is 104 Å². The molecule has 0 fully saturated rings. The molecule has 0 amide bonds. The number of aryl methyl sites for hydroxylation is 4. The van der Waals surface area contributed by atoms with E-state index in [0.29, 0.717) is 0 Å². The average molecular weight is 542 g/mol. The Hall–Kier alpha value is -3.32. The Bertz CT molecular complexity index is 2010. The summed E-state index contributed by atoms with van der Waals surface area (Å²) in [6.45, 7) is 35.1. The summed E-state index contributed by atoms with van der Waals surface area (Å²) in [4.78, 5) is 0. The second-order valence-electron chi connectivity index (χ2n) is 13.4. The van der Waals surface area contributed by atoms with Crippen molar-refractivity contribution in [3.63, 3.8) is 0 Å². The highest BCUT2D eigenvalue weighted by atomic mass is 15.0. The summed E-state index contributed by atoms with van der Waals surface area (Å²) in [6, 6.07) is 0. The monoisotopic (exact) mass is 541 g/mol. The van der Waals surface area contributed by atoms with E-state index in [4.69, 9.17) is 0 Å². The molecule has 6 rings (SSSR count). The molecule has 4 aromatic carbocycles. The zero-order chi connectivity index (χ0) is 30.1. The molecule has 0 saturated carbocycles. The van der Waals surface area contributed by atoms with Gasteiger partial charge < -0.3 is 4.57 Å². The van der Waals surface area contributed by atoms with Crippen molar-refractivity contribution in [1.29, 1.82) is 0 Å². The number of rotatable bonds is 1. The zero-order valence-corrected chi connectivity index (χ0v) is 28.2. The number of hydrogen-bond acceptors (Lipinski definition) is 0. The molecule has 1 aromatic heterocycles. The summed E-state index contributed by atoms with van der Waals surface area (Å²) in [7, 11) is 0. The van der Waals surface area contributed by atoms with Crippen LogP contribution in [0.15, 0.2) is 0 Å². The van der Waals surface area contributed by atoms with Crippen molar-refractivity contribution >= 4 is 21.8 Å². The third kappa shape index (κ3) is 3.24. The SMILES string of the molecule is Cc1c(C)c(C)c(-n2c3c(C)c(C)c(C)c(C)c3c3c(C)c4c(c(C)c32)-c2c(C)c(C)c(C)c(C)c2C4)c(C)c1C. The van der Waals surface area contributed by atoms with Crippen LogP contribution in [0.1, 0.15) is 94.6 Å². The van der Waals surface area contributed by atoms with Gasteiger partial charge in [-0.2, -0.15) is 0 Å². The van der Waals surface area contributed by atoms with Gasteiger partial charge in [0.2, 0.25) is 0 Å². The maximum absolute atomic E-state index is 2.70. The van der Waals surface area contributed by atoms with E-state index in [0.717, 1.165) is 6.42 Å². The molecule has 0 spiro atoms. The lowest BCUT2D eigenvalue weighted by Gasteiger charge is -2.23. The minimum Gasteiger partial charge on any atom is -0.308 e. The first-order valence-corrected chi connectivity index (χ1v) is 15.4. The lowest BCUT2D eigenvalue weighted by Crippen LogP contribution is -2.08. The summed E-state index contributed by atoms with van der Waals surface area (Å²) in [5.41, 5.74) is 31.7. The van der Waals surface area contributed by atoms with E-state index >= 15 is 0 Å². The number of benzene rings is 4. The van der Waals surface area contributed by atoms with Crippen molar-refractivity contribution in [3.05, 3.63) is 94.6 Å². The minimum atomic E-state index is 1.04. The van der Waals surface area contributed by atoms with Gasteiger partial charge in [-0.05, 0) is 216 Å².